The van der Waals surface area contributed by atoms with Crippen LogP contribution < -0.4 is 0 Å². The molecule has 0 rings (SSSR count). The molecular formula is C6H13O2S+. The summed E-state index contributed by atoms with van der Waals surface area (Å²) < 4.78 is 0. The quantitative estimate of drug-likeness (QED) is 0.596. The van der Waals surface area contributed by atoms with Crippen LogP contribution in [0.15, 0.2) is 0 Å². The van der Waals surface area contributed by atoms with Crippen LogP contribution in [0.4, 0.5) is 0 Å². The maximum Gasteiger partial charge on any atom is 0.310 e. The third-order valence-corrected chi connectivity index (χ3v) is 2.17. The zero-order valence-corrected chi connectivity index (χ0v) is 6.86. The highest BCUT2D eigenvalue weighted by atomic mass is 32.2. The maximum absolute atomic E-state index is 10.2. The van der Waals surface area contributed by atoms with Crippen molar-refractivity contribution in [1.29, 1.82) is 0 Å². The lowest BCUT2D eigenvalue weighted by Gasteiger charge is -2.00. The van der Waals surface area contributed by atoms with Gasteiger partial charge in [0.15, 0.2) is 0 Å². The summed E-state index contributed by atoms with van der Waals surface area (Å²) in [5.74, 6) is -0.0606. The molecule has 0 aromatic heterocycles. The van der Waals surface area contributed by atoms with Crippen LogP contribution in [0.1, 0.15) is 6.92 Å². The Bertz CT molecular complexity index is 101. The van der Waals surface area contributed by atoms with Crippen molar-refractivity contribution in [2.75, 3.05) is 18.3 Å². The van der Waals surface area contributed by atoms with E-state index in [1.807, 2.05) is 0 Å². The molecule has 0 radical (unpaired) electrons. The highest BCUT2D eigenvalue weighted by Crippen LogP contribution is 1.98. The summed E-state index contributed by atoms with van der Waals surface area (Å²) in [5.41, 5.74) is 0. The fourth-order valence-electron chi connectivity index (χ4n) is 0.571. The molecule has 0 aromatic rings. The van der Waals surface area contributed by atoms with Gasteiger partial charge in [0.2, 0.25) is 0 Å². The van der Waals surface area contributed by atoms with E-state index in [0.29, 0.717) is 0 Å². The molecule has 0 heterocycles. The predicted octanol–water partition coefficient (Wildman–Crippen LogP) is 0.585. The molecule has 0 aliphatic heterocycles. The van der Waals surface area contributed by atoms with Crippen LogP contribution in [-0.2, 0) is 15.7 Å². The minimum Gasteiger partial charge on any atom is -0.481 e. The molecule has 0 saturated heterocycles. The number of aliphatic carboxylic acids is 1. The number of carbonyl (C=O) groups is 1. The largest absolute Gasteiger partial charge is 0.481 e. The average molecular weight is 149 g/mol. The van der Waals surface area contributed by atoms with Crippen LogP contribution >= 0.6 is 0 Å². The van der Waals surface area contributed by atoms with Crippen molar-refractivity contribution in [2.24, 2.45) is 5.92 Å². The molecule has 9 heavy (non-hydrogen) atoms. The van der Waals surface area contributed by atoms with E-state index < -0.39 is 5.97 Å². The molecular weight excluding hydrogens is 136 g/mol. The van der Waals surface area contributed by atoms with Crippen molar-refractivity contribution in [1.82, 2.24) is 0 Å². The predicted molar refractivity (Wildman–Crippen MR) is 40.9 cm³/mol. The summed E-state index contributed by atoms with van der Waals surface area (Å²) in [4.78, 5) is 10.2. The van der Waals surface area contributed by atoms with E-state index in [1.165, 1.54) is 0 Å². The van der Waals surface area contributed by atoms with Gasteiger partial charge in [0, 0.05) is 0 Å². The smallest absolute Gasteiger partial charge is 0.310 e. The van der Waals surface area contributed by atoms with Crippen LogP contribution in [0.3, 0.4) is 0 Å². The van der Waals surface area contributed by atoms with Crippen molar-refractivity contribution in [3.05, 3.63) is 0 Å². The van der Waals surface area contributed by atoms with E-state index in [2.05, 4.69) is 12.5 Å². The number of rotatable bonds is 3. The van der Waals surface area contributed by atoms with Gasteiger partial charge in [0.25, 0.3) is 0 Å². The van der Waals surface area contributed by atoms with Crippen LogP contribution in [0.25, 0.3) is 0 Å². The Morgan fingerprint density at radius 3 is 2.22 bits per heavy atom. The Morgan fingerprint density at radius 1 is 1.67 bits per heavy atom. The molecule has 1 atom stereocenters. The van der Waals surface area contributed by atoms with Gasteiger partial charge in [-0.15, -0.1) is 0 Å². The lowest BCUT2D eigenvalue weighted by atomic mass is 10.2. The van der Waals surface area contributed by atoms with Crippen LogP contribution in [-0.4, -0.2) is 29.3 Å². The normalized spacial score (nSPS) is 13.8. The standard InChI is InChI=1S/C6H12O2S/c1-5(6(7)8)4-9(2)3/h5H,4H2,1-3H3/p+1. The molecule has 1 unspecified atom stereocenters. The van der Waals surface area contributed by atoms with Gasteiger partial charge in [0.1, 0.15) is 5.75 Å². The molecule has 0 aliphatic carbocycles. The van der Waals surface area contributed by atoms with Gasteiger partial charge in [0.05, 0.1) is 18.4 Å². The van der Waals surface area contributed by atoms with E-state index >= 15 is 0 Å². The van der Waals surface area contributed by atoms with E-state index in [4.69, 9.17) is 5.11 Å². The highest BCUT2D eigenvalue weighted by Gasteiger charge is 2.17. The van der Waals surface area contributed by atoms with Gasteiger partial charge >= 0.3 is 5.97 Å². The van der Waals surface area contributed by atoms with Gasteiger partial charge < -0.3 is 5.11 Å². The highest BCUT2D eigenvalue weighted by molar-refractivity contribution is 7.95. The van der Waals surface area contributed by atoms with Crippen molar-refractivity contribution >= 4 is 16.9 Å². The zero-order valence-electron chi connectivity index (χ0n) is 6.05. The minimum atomic E-state index is -0.684. The monoisotopic (exact) mass is 149 g/mol. The lowest BCUT2D eigenvalue weighted by Crippen LogP contribution is -2.19. The first kappa shape index (κ1) is 8.82. The van der Waals surface area contributed by atoms with Crippen LogP contribution in [0.2, 0.25) is 0 Å². The second-order valence-electron chi connectivity index (χ2n) is 2.39. The summed E-state index contributed by atoms with van der Waals surface area (Å²) >= 11 is 0. The Kier molecular flexibility index (Phi) is 3.70. The first-order valence-corrected chi connectivity index (χ1v) is 5.02. The average Bonchev–Trinajstić information content (AvgIpc) is 1.63. The third-order valence-electron chi connectivity index (χ3n) is 1.00. The lowest BCUT2D eigenvalue weighted by molar-refractivity contribution is -0.140. The third kappa shape index (κ3) is 4.33. The van der Waals surface area contributed by atoms with E-state index in [1.54, 1.807) is 6.92 Å². The SMILES string of the molecule is CC(C[S+](C)C)C(=O)O. The second-order valence-corrected chi connectivity index (χ2v) is 4.70. The first-order valence-electron chi connectivity index (χ1n) is 2.81. The molecule has 3 heteroatoms. The van der Waals surface area contributed by atoms with Gasteiger partial charge in [-0.2, -0.15) is 0 Å². The van der Waals surface area contributed by atoms with Crippen molar-refractivity contribution in [3.8, 4) is 0 Å². The topological polar surface area (TPSA) is 37.3 Å². The van der Waals surface area contributed by atoms with Crippen LogP contribution in [0.5, 0.6) is 0 Å². The number of carboxylic acids is 1. The number of hydrogen-bond acceptors (Lipinski definition) is 1. The molecule has 0 amide bonds. The fraction of sp³-hybridized carbons (Fsp3) is 0.833. The Labute approximate surface area is 58.6 Å². The Morgan fingerprint density at radius 2 is 2.11 bits per heavy atom. The van der Waals surface area contributed by atoms with Gasteiger partial charge in [-0.25, -0.2) is 0 Å². The molecule has 0 saturated carbocycles. The number of carboxylic acid groups (broad SMARTS) is 1. The van der Waals surface area contributed by atoms with Gasteiger partial charge in [-0.3, -0.25) is 4.79 Å². The first-order chi connectivity index (χ1) is 4.04. The summed E-state index contributed by atoms with van der Waals surface area (Å²) in [6.07, 6.45) is 4.11. The Hall–Kier alpha value is -0.180. The molecule has 0 spiro atoms. The molecule has 0 aromatic carbocycles. The number of hydrogen-bond donors (Lipinski definition) is 1. The summed E-state index contributed by atoms with van der Waals surface area (Å²) in [6.45, 7) is 1.75. The van der Waals surface area contributed by atoms with Crippen molar-refractivity contribution < 1.29 is 9.90 Å². The summed E-state index contributed by atoms with van der Waals surface area (Å²) in [7, 11) is 0.253. The van der Waals surface area contributed by atoms with Crippen LogP contribution in [0, 0.1) is 5.92 Å². The molecule has 1 N–H and O–H groups in total. The molecule has 54 valence electrons. The van der Waals surface area contributed by atoms with E-state index in [9.17, 15) is 4.79 Å². The zero-order chi connectivity index (χ0) is 7.44. The van der Waals surface area contributed by atoms with E-state index in [-0.39, 0.29) is 16.8 Å². The minimum absolute atomic E-state index is 0.177. The van der Waals surface area contributed by atoms with Gasteiger partial charge in [-0.1, -0.05) is 0 Å². The van der Waals surface area contributed by atoms with Crippen molar-refractivity contribution in [3.63, 3.8) is 0 Å². The second kappa shape index (κ2) is 3.77. The van der Waals surface area contributed by atoms with Crippen molar-refractivity contribution in [2.45, 2.75) is 6.92 Å². The summed E-state index contributed by atoms with van der Waals surface area (Å²) in [6, 6.07) is 0. The van der Waals surface area contributed by atoms with E-state index in [0.717, 1.165) is 5.75 Å². The Balaban J connectivity index is 3.50. The molecule has 0 aliphatic rings. The maximum atomic E-state index is 10.2. The van der Waals surface area contributed by atoms with Gasteiger partial charge in [-0.05, 0) is 17.8 Å². The fourth-order valence-corrected chi connectivity index (χ4v) is 1.71. The molecule has 0 fully saturated rings. The molecule has 2 nitrogen and oxygen atoms in total. The summed E-state index contributed by atoms with van der Waals surface area (Å²) in [5, 5.41) is 8.44. The molecule has 0 bridgehead atoms.